The zero-order valence-electron chi connectivity index (χ0n) is 5.56. The predicted octanol–water partition coefficient (Wildman–Crippen LogP) is 1.45. The molecule has 0 N–H and O–H groups in total. The predicted molar refractivity (Wildman–Crippen MR) is 33.2 cm³/mol. The van der Waals surface area contributed by atoms with Gasteiger partial charge in [0.2, 0.25) is 0 Å². The maximum atomic E-state index is 5.04. The maximum absolute atomic E-state index is 5.04. The van der Waals surface area contributed by atoms with Crippen LogP contribution in [0.3, 0.4) is 0 Å². The van der Waals surface area contributed by atoms with E-state index in [2.05, 4.69) is 13.8 Å². The molecule has 0 spiro atoms. The Bertz CT molecular complexity index is 65.5. The molecule has 0 aromatic heterocycles. The second-order valence-electron chi connectivity index (χ2n) is 2.49. The zero-order chi connectivity index (χ0) is 6.04. The van der Waals surface area contributed by atoms with E-state index >= 15 is 0 Å². The van der Waals surface area contributed by atoms with Crippen LogP contribution in [0.1, 0.15) is 12.8 Å². The van der Waals surface area contributed by atoms with E-state index in [1.54, 1.807) is 0 Å². The summed E-state index contributed by atoms with van der Waals surface area (Å²) in [6.07, 6.45) is 1.94. The smallest absolute Gasteiger partial charge is 0.381 e. The minimum atomic E-state index is 0. The molecule has 2 heteroatoms. The third-order valence-corrected chi connectivity index (χ3v) is 1.88. The molecule has 0 radical (unpaired) electrons. The Morgan fingerprint density at radius 1 is 1.22 bits per heavy atom. The summed E-state index contributed by atoms with van der Waals surface area (Å²) < 4.78 is 5.04. The summed E-state index contributed by atoms with van der Waals surface area (Å²) in [4.78, 5) is 0. The SMILES string of the molecule is [CH2-]CC1(C[CH2-])COC1.[W+2]. The van der Waals surface area contributed by atoms with Gasteiger partial charge >= 0.3 is 21.1 Å². The van der Waals surface area contributed by atoms with Crippen molar-refractivity contribution in [2.75, 3.05) is 13.2 Å². The third kappa shape index (κ3) is 1.78. The normalized spacial score (nSPS) is 22.0. The number of hydrogen-bond acceptors (Lipinski definition) is 1. The van der Waals surface area contributed by atoms with E-state index in [1.165, 1.54) is 0 Å². The molecule has 0 unspecified atom stereocenters. The summed E-state index contributed by atoms with van der Waals surface area (Å²) in [5.74, 6) is 0. The van der Waals surface area contributed by atoms with Gasteiger partial charge in [-0.1, -0.05) is 0 Å². The van der Waals surface area contributed by atoms with E-state index in [1.807, 2.05) is 0 Å². The summed E-state index contributed by atoms with van der Waals surface area (Å²) in [5.41, 5.74) is 0.361. The van der Waals surface area contributed by atoms with Crippen molar-refractivity contribution in [1.82, 2.24) is 0 Å². The van der Waals surface area contributed by atoms with Gasteiger partial charge < -0.3 is 18.6 Å². The molecule has 0 saturated carbocycles. The number of rotatable bonds is 2. The van der Waals surface area contributed by atoms with Crippen molar-refractivity contribution in [3.63, 3.8) is 0 Å². The van der Waals surface area contributed by atoms with Gasteiger partial charge in [0.1, 0.15) is 0 Å². The van der Waals surface area contributed by atoms with Crippen LogP contribution in [-0.4, -0.2) is 13.2 Å². The van der Waals surface area contributed by atoms with E-state index in [4.69, 9.17) is 4.74 Å². The summed E-state index contributed by atoms with van der Waals surface area (Å²) in [5, 5.41) is 0. The second kappa shape index (κ2) is 3.73. The summed E-state index contributed by atoms with van der Waals surface area (Å²) in [6.45, 7) is 9.41. The van der Waals surface area contributed by atoms with Crippen molar-refractivity contribution in [3.8, 4) is 0 Å². The van der Waals surface area contributed by atoms with Crippen molar-refractivity contribution in [1.29, 1.82) is 0 Å². The van der Waals surface area contributed by atoms with Crippen molar-refractivity contribution >= 4 is 0 Å². The van der Waals surface area contributed by atoms with Gasteiger partial charge in [-0.25, -0.2) is 0 Å². The fourth-order valence-corrected chi connectivity index (χ4v) is 0.804. The standard InChI is InChI=1S/C7H12O.W/c1-3-7(4-2)5-8-6-7;/h1-6H2;/q-2;+2. The van der Waals surface area contributed by atoms with Gasteiger partial charge in [-0.3, -0.25) is 0 Å². The molecular formula is C7H12OW. The number of hydrogen-bond donors (Lipinski definition) is 0. The van der Waals surface area contributed by atoms with Gasteiger partial charge in [0.15, 0.2) is 0 Å². The Balaban J connectivity index is 0.000000640. The average Bonchev–Trinajstić information content (AvgIpc) is 1.67. The Morgan fingerprint density at radius 3 is 1.67 bits per heavy atom. The topological polar surface area (TPSA) is 9.23 Å². The van der Waals surface area contributed by atoms with Crippen LogP contribution in [0.5, 0.6) is 0 Å². The summed E-state index contributed by atoms with van der Waals surface area (Å²) in [6, 6.07) is 0. The molecule has 9 heavy (non-hydrogen) atoms. The molecule has 1 nitrogen and oxygen atoms in total. The van der Waals surface area contributed by atoms with Gasteiger partial charge in [0.05, 0.1) is 0 Å². The largest absolute Gasteiger partial charge is 2.00 e. The van der Waals surface area contributed by atoms with Crippen LogP contribution in [0.2, 0.25) is 0 Å². The molecule has 1 rings (SSSR count). The van der Waals surface area contributed by atoms with Crippen LogP contribution < -0.4 is 0 Å². The van der Waals surface area contributed by atoms with Gasteiger partial charge in [0, 0.05) is 13.2 Å². The molecular weight excluding hydrogens is 284 g/mol. The van der Waals surface area contributed by atoms with E-state index in [-0.39, 0.29) is 21.1 Å². The third-order valence-electron chi connectivity index (χ3n) is 1.88. The van der Waals surface area contributed by atoms with Crippen molar-refractivity contribution in [2.24, 2.45) is 5.41 Å². The van der Waals surface area contributed by atoms with Crippen LogP contribution in [-0.2, 0) is 25.8 Å². The first kappa shape index (κ1) is 9.65. The van der Waals surface area contributed by atoms with E-state index < -0.39 is 0 Å². The Kier molecular flexibility index (Phi) is 4.00. The molecule has 0 aliphatic carbocycles. The molecule has 0 aromatic rings. The van der Waals surface area contributed by atoms with Crippen LogP contribution >= 0.6 is 0 Å². The van der Waals surface area contributed by atoms with Crippen LogP contribution in [0.25, 0.3) is 0 Å². The molecule has 1 aliphatic rings. The van der Waals surface area contributed by atoms with E-state index in [0.29, 0.717) is 5.41 Å². The first-order valence-electron chi connectivity index (χ1n) is 2.99. The second-order valence-corrected chi connectivity index (χ2v) is 2.49. The molecule has 0 atom stereocenters. The molecule has 1 heterocycles. The maximum Gasteiger partial charge on any atom is 2.00 e. The first-order valence-corrected chi connectivity index (χ1v) is 2.99. The fraction of sp³-hybridized carbons (Fsp3) is 0.714. The molecule has 0 amide bonds. The first-order chi connectivity index (χ1) is 3.83. The van der Waals surface area contributed by atoms with Gasteiger partial charge in [-0.05, 0) is 5.41 Å². The van der Waals surface area contributed by atoms with Crippen LogP contribution in [0, 0.1) is 19.3 Å². The van der Waals surface area contributed by atoms with Crippen molar-refractivity contribution in [2.45, 2.75) is 12.8 Å². The molecule has 1 aliphatic heterocycles. The molecule has 0 bridgehead atoms. The summed E-state index contributed by atoms with van der Waals surface area (Å²) >= 11 is 0. The minimum absolute atomic E-state index is 0. The van der Waals surface area contributed by atoms with E-state index in [0.717, 1.165) is 26.1 Å². The van der Waals surface area contributed by atoms with Crippen molar-refractivity contribution in [3.05, 3.63) is 13.8 Å². The molecule has 0 aromatic carbocycles. The Labute approximate surface area is 71.4 Å². The van der Waals surface area contributed by atoms with Gasteiger partial charge in [-0.15, -0.1) is 0 Å². The van der Waals surface area contributed by atoms with Gasteiger partial charge in [0.25, 0.3) is 0 Å². The number of ether oxygens (including phenoxy) is 1. The monoisotopic (exact) mass is 296 g/mol. The van der Waals surface area contributed by atoms with E-state index in [9.17, 15) is 0 Å². The quantitative estimate of drug-likeness (QED) is 0.701. The Morgan fingerprint density at radius 2 is 1.67 bits per heavy atom. The van der Waals surface area contributed by atoms with Crippen molar-refractivity contribution < 1.29 is 25.8 Å². The summed E-state index contributed by atoms with van der Waals surface area (Å²) in [7, 11) is 0. The molecule has 1 saturated heterocycles. The molecule has 1 fully saturated rings. The Hall–Kier alpha value is 0.648. The fourth-order valence-electron chi connectivity index (χ4n) is 0.804. The van der Waals surface area contributed by atoms with Crippen LogP contribution in [0.4, 0.5) is 0 Å². The van der Waals surface area contributed by atoms with Crippen LogP contribution in [0.15, 0.2) is 0 Å². The zero-order valence-corrected chi connectivity index (χ0v) is 8.49. The average molecular weight is 296 g/mol. The van der Waals surface area contributed by atoms with Gasteiger partial charge in [-0.2, -0.15) is 12.8 Å². The molecule has 52 valence electrons. The minimum Gasteiger partial charge on any atom is -0.381 e.